The van der Waals surface area contributed by atoms with Gasteiger partial charge in [0, 0.05) is 5.69 Å². The third-order valence-electron chi connectivity index (χ3n) is 4.15. The molecule has 1 heterocycles. The molecule has 0 spiro atoms. The molecule has 134 valence electrons. The van der Waals surface area contributed by atoms with Crippen molar-refractivity contribution in [1.29, 1.82) is 0 Å². The SMILES string of the molecule is CCc1cccc(CC)c1NC(=O)C[C@@H]([NH2+]Cc1ccco1)C(=O)[O-]. The van der Waals surface area contributed by atoms with Crippen LogP contribution in [0.2, 0.25) is 0 Å². The number of nitrogens with two attached hydrogens (primary N) is 1. The van der Waals surface area contributed by atoms with Gasteiger partial charge in [-0.25, -0.2) is 0 Å². The van der Waals surface area contributed by atoms with Gasteiger partial charge in [-0.2, -0.15) is 0 Å². The lowest BCUT2D eigenvalue weighted by molar-refractivity contribution is -0.698. The van der Waals surface area contributed by atoms with Crippen molar-refractivity contribution < 1.29 is 24.4 Å². The van der Waals surface area contributed by atoms with Gasteiger partial charge in [0.15, 0.2) is 5.76 Å². The molecule has 6 heteroatoms. The molecule has 0 aliphatic heterocycles. The monoisotopic (exact) mass is 344 g/mol. The molecule has 2 aromatic rings. The Morgan fingerprint density at radius 3 is 2.36 bits per heavy atom. The summed E-state index contributed by atoms with van der Waals surface area (Å²) in [5, 5.41) is 15.8. The molecule has 1 aromatic heterocycles. The summed E-state index contributed by atoms with van der Waals surface area (Å²) in [6, 6.07) is 8.42. The molecule has 0 saturated carbocycles. The van der Waals surface area contributed by atoms with Crippen molar-refractivity contribution >= 4 is 17.6 Å². The minimum atomic E-state index is -1.26. The predicted molar refractivity (Wildman–Crippen MR) is 91.6 cm³/mol. The van der Waals surface area contributed by atoms with Crippen molar-refractivity contribution in [3.8, 4) is 0 Å². The van der Waals surface area contributed by atoms with Crippen LogP contribution in [0, 0.1) is 0 Å². The number of carbonyl (C=O) groups is 2. The molecule has 1 amide bonds. The number of amides is 1. The highest BCUT2D eigenvalue weighted by Crippen LogP contribution is 2.22. The molecule has 0 radical (unpaired) electrons. The van der Waals surface area contributed by atoms with Gasteiger partial charge in [-0.15, -0.1) is 0 Å². The molecule has 0 bridgehead atoms. The van der Waals surface area contributed by atoms with Crippen LogP contribution in [0.1, 0.15) is 37.2 Å². The van der Waals surface area contributed by atoms with Crippen LogP contribution in [-0.4, -0.2) is 17.9 Å². The van der Waals surface area contributed by atoms with Crippen molar-refractivity contribution in [3.05, 3.63) is 53.5 Å². The number of rotatable bonds is 9. The summed E-state index contributed by atoms with van der Waals surface area (Å²) in [6.07, 6.45) is 2.94. The number of nitrogens with one attached hydrogen (secondary N) is 1. The van der Waals surface area contributed by atoms with Crippen LogP contribution in [0.15, 0.2) is 41.0 Å². The van der Waals surface area contributed by atoms with Crippen molar-refractivity contribution in [2.45, 2.75) is 45.7 Å². The molecule has 6 nitrogen and oxygen atoms in total. The highest BCUT2D eigenvalue weighted by molar-refractivity contribution is 5.94. The van der Waals surface area contributed by atoms with E-state index in [1.807, 2.05) is 32.0 Å². The average Bonchev–Trinajstić information content (AvgIpc) is 3.11. The summed E-state index contributed by atoms with van der Waals surface area (Å²) in [4.78, 5) is 23.7. The molecular formula is C19H24N2O4. The Labute approximate surface area is 147 Å². The van der Waals surface area contributed by atoms with E-state index in [1.54, 1.807) is 17.4 Å². The molecule has 1 atom stereocenters. The van der Waals surface area contributed by atoms with Gasteiger partial charge in [0.1, 0.15) is 12.6 Å². The first-order valence-corrected chi connectivity index (χ1v) is 8.52. The number of para-hydroxylation sites is 1. The van der Waals surface area contributed by atoms with E-state index in [9.17, 15) is 14.7 Å². The topological polar surface area (TPSA) is 99.0 Å². The summed E-state index contributed by atoms with van der Waals surface area (Å²) in [5.41, 5.74) is 2.87. The highest BCUT2D eigenvalue weighted by atomic mass is 16.4. The third kappa shape index (κ3) is 5.19. The maximum absolute atomic E-state index is 12.4. The summed E-state index contributed by atoms with van der Waals surface area (Å²) in [5.74, 6) is -0.946. The molecule has 3 N–H and O–H groups in total. The summed E-state index contributed by atoms with van der Waals surface area (Å²) in [7, 11) is 0. The minimum absolute atomic E-state index is 0.162. The number of anilines is 1. The molecule has 0 fully saturated rings. The second-order valence-corrected chi connectivity index (χ2v) is 5.86. The number of hydrogen-bond acceptors (Lipinski definition) is 4. The van der Waals surface area contributed by atoms with E-state index in [0.717, 1.165) is 29.7 Å². The standard InChI is InChI=1S/C19H24N2O4/c1-3-13-7-5-8-14(4-2)18(13)21-17(22)11-16(19(23)24)20-12-15-9-6-10-25-15/h5-10,16,20H,3-4,11-12H2,1-2H3,(H,21,22)(H,23,24)/t16-/m1/s1. The van der Waals surface area contributed by atoms with Gasteiger partial charge in [-0.1, -0.05) is 32.0 Å². The number of aryl methyl sites for hydroxylation is 2. The smallest absolute Gasteiger partial charge is 0.230 e. The molecule has 0 aliphatic rings. The van der Waals surface area contributed by atoms with Crippen molar-refractivity contribution in [1.82, 2.24) is 0 Å². The number of quaternary nitrogens is 1. The van der Waals surface area contributed by atoms with Crippen LogP contribution >= 0.6 is 0 Å². The number of hydrogen-bond donors (Lipinski definition) is 2. The maximum atomic E-state index is 12.4. The van der Waals surface area contributed by atoms with E-state index in [-0.39, 0.29) is 12.3 Å². The fourth-order valence-electron chi connectivity index (χ4n) is 2.74. The Morgan fingerprint density at radius 2 is 1.84 bits per heavy atom. The molecular weight excluding hydrogens is 320 g/mol. The second kappa shape index (κ2) is 9.03. The van der Waals surface area contributed by atoms with Crippen LogP contribution in [0.3, 0.4) is 0 Å². The minimum Gasteiger partial charge on any atom is -0.544 e. The first-order valence-electron chi connectivity index (χ1n) is 8.52. The van der Waals surface area contributed by atoms with Crippen molar-refractivity contribution in [3.63, 3.8) is 0 Å². The fraction of sp³-hybridized carbons (Fsp3) is 0.368. The lowest BCUT2D eigenvalue weighted by Gasteiger charge is -2.18. The lowest BCUT2D eigenvalue weighted by Crippen LogP contribution is -2.92. The Kier molecular flexibility index (Phi) is 6.77. The number of furan rings is 1. The van der Waals surface area contributed by atoms with Crippen LogP contribution in [0.25, 0.3) is 0 Å². The zero-order chi connectivity index (χ0) is 18.2. The van der Waals surface area contributed by atoms with Crippen molar-refractivity contribution in [2.75, 3.05) is 5.32 Å². The van der Waals surface area contributed by atoms with E-state index in [4.69, 9.17) is 4.42 Å². The van der Waals surface area contributed by atoms with Gasteiger partial charge in [0.25, 0.3) is 0 Å². The fourth-order valence-corrected chi connectivity index (χ4v) is 2.74. The first-order chi connectivity index (χ1) is 12.0. The van der Waals surface area contributed by atoms with Gasteiger partial charge >= 0.3 is 0 Å². The predicted octanol–water partition coefficient (Wildman–Crippen LogP) is 0.615. The molecule has 0 aliphatic carbocycles. The van der Waals surface area contributed by atoms with Gasteiger partial charge in [-0.3, -0.25) is 4.79 Å². The Hall–Kier alpha value is -2.60. The summed E-state index contributed by atoms with van der Waals surface area (Å²) in [6.45, 7) is 4.38. The largest absolute Gasteiger partial charge is 0.544 e. The number of benzene rings is 1. The molecule has 2 rings (SSSR count). The van der Waals surface area contributed by atoms with Crippen LogP contribution in [0.4, 0.5) is 5.69 Å². The quantitative estimate of drug-likeness (QED) is 0.696. The van der Waals surface area contributed by atoms with Gasteiger partial charge < -0.3 is 25.0 Å². The van der Waals surface area contributed by atoms with Gasteiger partial charge in [0.05, 0.1) is 18.7 Å². The van der Waals surface area contributed by atoms with E-state index >= 15 is 0 Å². The summed E-state index contributed by atoms with van der Waals surface area (Å²) >= 11 is 0. The first kappa shape index (κ1) is 18.7. The zero-order valence-corrected chi connectivity index (χ0v) is 14.6. The molecule has 0 unspecified atom stereocenters. The Balaban J connectivity index is 2.03. The number of carbonyl (C=O) groups excluding carboxylic acids is 2. The van der Waals surface area contributed by atoms with Gasteiger partial charge in [0.2, 0.25) is 5.91 Å². The number of carboxylic acid groups (broad SMARTS) is 1. The highest BCUT2D eigenvalue weighted by Gasteiger charge is 2.20. The van der Waals surface area contributed by atoms with Crippen LogP contribution in [-0.2, 0) is 29.0 Å². The van der Waals surface area contributed by atoms with Crippen LogP contribution in [0.5, 0.6) is 0 Å². The molecule has 25 heavy (non-hydrogen) atoms. The van der Waals surface area contributed by atoms with E-state index in [0.29, 0.717) is 12.3 Å². The van der Waals surface area contributed by atoms with E-state index in [2.05, 4.69) is 5.32 Å². The van der Waals surface area contributed by atoms with Crippen LogP contribution < -0.4 is 15.7 Å². The number of carboxylic acids is 1. The van der Waals surface area contributed by atoms with E-state index in [1.165, 1.54) is 6.26 Å². The summed E-state index contributed by atoms with van der Waals surface area (Å²) < 4.78 is 5.18. The maximum Gasteiger partial charge on any atom is 0.230 e. The number of aliphatic carboxylic acids is 1. The Morgan fingerprint density at radius 1 is 1.16 bits per heavy atom. The third-order valence-corrected chi connectivity index (χ3v) is 4.15. The van der Waals surface area contributed by atoms with E-state index < -0.39 is 12.0 Å². The normalized spacial score (nSPS) is 11.9. The van der Waals surface area contributed by atoms with Gasteiger partial charge in [-0.05, 0) is 36.1 Å². The molecule has 1 aromatic carbocycles. The van der Waals surface area contributed by atoms with Crippen molar-refractivity contribution in [2.24, 2.45) is 0 Å². The zero-order valence-electron chi connectivity index (χ0n) is 14.6. The second-order valence-electron chi connectivity index (χ2n) is 5.86. The average molecular weight is 344 g/mol. The lowest BCUT2D eigenvalue weighted by atomic mass is 10.0. The molecule has 0 saturated heterocycles. The Bertz CT molecular complexity index is 688.